The Kier molecular flexibility index (Phi) is 5.39. The fraction of sp³-hybridized carbons (Fsp3) is 0.188. The number of rotatable bonds is 5. The second-order valence-electron chi connectivity index (χ2n) is 4.76. The number of carbonyl (C=O) groups excluding carboxylic acids is 2. The van der Waals surface area contributed by atoms with Gasteiger partial charge in [-0.2, -0.15) is 5.26 Å². The van der Waals surface area contributed by atoms with Gasteiger partial charge in [0, 0.05) is 5.02 Å². The molecule has 0 aliphatic rings. The SMILES string of the molecule is Cc1occc1C(=O)NCC(=O)N[C@@H](C#N)c1cccc(Cl)c1. The third-order valence-electron chi connectivity index (χ3n) is 3.13. The van der Waals surface area contributed by atoms with Gasteiger partial charge in [0.25, 0.3) is 5.91 Å². The highest BCUT2D eigenvalue weighted by Crippen LogP contribution is 2.17. The summed E-state index contributed by atoms with van der Waals surface area (Å²) in [6.07, 6.45) is 1.40. The van der Waals surface area contributed by atoms with Crippen molar-refractivity contribution in [3.63, 3.8) is 0 Å². The van der Waals surface area contributed by atoms with Crippen molar-refractivity contribution in [1.29, 1.82) is 5.26 Å². The lowest BCUT2D eigenvalue weighted by Gasteiger charge is -2.12. The van der Waals surface area contributed by atoms with Crippen LogP contribution in [0.15, 0.2) is 41.0 Å². The third kappa shape index (κ3) is 4.34. The van der Waals surface area contributed by atoms with Gasteiger partial charge in [0.2, 0.25) is 5.91 Å². The minimum Gasteiger partial charge on any atom is -0.469 e. The van der Waals surface area contributed by atoms with Crippen LogP contribution in [0.5, 0.6) is 0 Å². The highest BCUT2D eigenvalue weighted by atomic mass is 35.5. The molecule has 7 heteroatoms. The highest BCUT2D eigenvalue weighted by molar-refractivity contribution is 6.30. The van der Waals surface area contributed by atoms with Crippen LogP contribution in [0.4, 0.5) is 0 Å². The number of furan rings is 1. The van der Waals surface area contributed by atoms with Crippen molar-refractivity contribution in [2.24, 2.45) is 0 Å². The van der Waals surface area contributed by atoms with Crippen molar-refractivity contribution >= 4 is 23.4 Å². The van der Waals surface area contributed by atoms with Gasteiger partial charge in [-0.05, 0) is 30.7 Å². The lowest BCUT2D eigenvalue weighted by molar-refractivity contribution is -0.120. The van der Waals surface area contributed by atoms with Crippen molar-refractivity contribution in [1.82, 2.24) is 10.6 Å². The zero-order valence-corrected chi connectivity index (χ0v) is 13.1. The first-order chi connectivity index (χ1) is 11.0. The number of aryl methyl sites for hydroxylation is 1. The van der Waals surface area contributed by atoms with Crippen LogP contribution in [0, 0.1) is 18.3 Å². The molecular formula is C16H14ClN3O3. The average molecular weight is 332 g/mol. The number of carbonyl (C=O) groups is 2. The molecule has 118 valence electrons. The first kappa shape index (κ1) is 16.6. The number of hydrogen-bond acceptors (Lipinski definition) is 4. The molecule has 6 nitrogen and oxygen atoms in total. The standard InChI is InChI=1S/C16H14ClN3O3/c1-10-13(5-6-23-10)16(22)19-9-15(21)20-14(8-18)11-3-2-4-12(17)7-11/h2-7,14H,9H2,1H3,(H,19,22)(H,20,21)/t14-/m0/s1. The summed E-state index contributed by atoms with van der Waals surface area (Å²) in [7, 11) is 0. The van der Waals surface area contributed by atoms with Gasteiger partial charge >= 0.3 is 0 Å². The Morgan fingerprint density at radius 2 is 2.17 bits per heavy atom. The van der Waals surface area contributed by atoms with Gasteiger partial charge in [-0.25, -0.2) is 0 Å². The van der Waals surface area contributed by atoms with E-state index in [0.717, 1.165) is 0 Å². The van der Waals surface area contributed by atoms with Gasteiger partial charge in [0.1, 0.15) is 11.8 Å². The summed E-state index contributed by atoms with van der Waals surface area (Å²) in [5, 5.41) is 14.6. The fourth-order valence-corrected chi connectivity index (χ4v) is 2.16. The number of benzene rings is 1. The highest BCUT2D eigenvalue weighted by Gasteiger charge is 2.16. The molecule has 2 N–H and O–H groups in total. The van der Waals surface area contributed by atoms with Gasteiger partial charge in [-0.15, -0.1) is 0 Å². The van der Waals surface area contributed by atoms with Crippen LogP contribution in [0.3, 0.4) is 0 Å². The Morgan fingerprint density at radius 1 is 1.39 bits per heavy atom. The van der Waals surface area contributed by atoms with Crippen LogP contribution < -0.4 is 10.6 Å². The molecule has 0 radical (unpaired) electrons. The number of amides is 2. The van der Waals surface area contributed by atoms with E-state index in [1.54, 1.807) is 31.2 Å². The van der Waals surface area contributed by atoms with Crippen molar-refractivity contribution in [2.75, 3.05) is 6.54 Å². The van der Waals surface area contributed by atoms with Gasteiger partial charge in [-0.3, -0.25) is 9.59 Å². The zero-order chi connectivity index (χ0) is 16.8. The monoisotopic (exact) mass is 331 g/mol. The topological polar surface area (TPSA) is 95.1 Å². The van der Waals surface area contributed by atoms with E-state index in [1.807, 2.05) is 6.07 Å². The molecule has 0 fully saturated rings. The third-order valence-corrected chi connectivity index (χ3v) is 3.36. The molecule has 0 saturated heterocycles. The fourth-order valence-electron chi connectivity index (χ4n) is 1.96. The van der Waals surface area contributed by atoms with Crippen LogP contribution in [0.2, 0.25) is 5.02 Å². The Labute approximate surface area is 138 Å². The van der Waals surface area contributed by atoms with Crippen LogP contribution in [0.25, 0.3) is 0 Å². The molecule has 0 aliphatic heterocycles. The predicted octanol–water partition coefficient (Wildman–Crippen LogP) is 2.35. The molecule has 0 aliphatic carbocycles. The maximum atomic E-state index is 11.9. The van der Waals surface area contributed by atoms with Crippen molar-refractivity contribution < 1.29 is 14.0 Å². The van der Waals surface area contributed by atoms with E-state index in [1.165, 1.54) is 12.3 Å². The largest absolute Gasteiger partial charge is 0.469 e. The Hall–Kier alpha value is -2.78. The molecule has 1 aromatic heterocycles. The number of nitrogens with one attached hydrogen (secondary N) is 2. The second-order valence-corrected chi connectivity index (χ2v) is 5.19. The van der Waals surface area contributed by atoms with E-state index in [0.29, 0.717) is 21.9 Å². The van der Waals surface area contributed by atoms with E-state index in [9.17, 15) is 14.9 Å². The lowest BCUT2D eigenvalue weighted by atomic mass is 10.1. The quantitative estimate of drug-likeness (QED) is 0.879. The van der Waals surface area contributed by atoms with Crippen LogP contribution >= 0.6 is 11.6 Å². The van der Waals surface area contributed by atoms with Crippen molar-refractivity contribution in [2.45, 2.75) is 13.0 Å². The summed E-state index contributed by atoms with van der Waals surface area (Å²) >= 11 is 5.87. The number of hydrogen-bond donors (Lipinski definition) is 2. The first-order valence-corrected chi connectivity index (χ1v) is 7.16. The first-order valence-electron chi connectivity index (χ1n) is 6.78. The summed E-state index contributed by atoms with van der Waals surface area (Å²) in [5.41, 5.74) is 0.940. The maximum Gasteiger partial charge on any atom is 0.255 e. The summed E-state index contributed by atoms with van der Waals surface area (Å²) in [5.74, 6) is -0.426. The molecule has 2 aromatic rings. The van der Waals surface area contributed by atoms with E-state index >= 15 is 0 Å². The molecule has 2 amide bonds. The minimum atomic E-state index is -0.839. The maximum absolute atomic E-state index is 11.9. The average Bonchev–Trinajstić information content (AvgIpc) is 2.96. The number of nitrogens with zero attached hydrogens (tertiary/aromatic N) is 1. The number of halogens is 1. The van der Waals surface area contributed by atoms with Crippen LogP contribution in [0.1, 0.15) is 27.7 Å². The smallest absolute Gasteiger partial charge is 0.255 e. The predicted molar refractivity (Wildman–Crippen MR) is 83.7 cm³/mol. The van der Waals surface area contributed by atoms with Gasteiger partial charge in [-0.1, -0.05) is 23.7 Å². The van der Waals surface area contributed by atoms with Crippen molar-refractivity contribution in [3.8, 4) is 6.07 Å². The molecule has 0 saturated carbocycles. The van der Waals surface area contributed by atoms with E-state index in [2.05, 4.69) is 10.6 Å². The van der Waals surface area contributed by atoms with E-state index in [-0.39, 0.29) is 6.54 Å². The molecule has 1 heterocycles. The van der Waals surface area contributed by atoms with Crippen LogP contribution in [-0.4, -0.2) is 18.4 Å². The molecule has 0 bridgehead atoms. The summed E-state index contributed by atoms with van der Waals surface area (Å²) in [6, 6.07) is 9.32. The summed E-state index contributed by atoms with van der Waals surface area (Å²) in [4.78, 5) is 23.8. The molecule has 1 aromatic carbocycles. The molecule has 2 rings (SSSR count). The molecular weight excluding hydrogens is 318 g/mol. The van der Waals surface area contributed by atoms with Crippen molar-refractivity contribution in [3.05, 3.63) is 58.5 Å². The van der Waals surface area contributed by atoms with Gasteiger partial charge in [0.05, 0.1) is 24.4 Å². The molecule has 0 spiro atoms. The van der Waals surface area contributed by atoms with Gasteiger partial charge in [0.15, 0.2) is 0 Å². The summed E-state index contributed by atoms with van der Waals surface area (Å²) < 4.78 is 5.03. The number of nitriles is 1. The molecule has 23 heavy (non-hydrogen) atoms. The molecule has 1 atom stereocenters. The zero-order valence-electron chi connectivity index (χ0n) is 12.3. The normalized spacial score (nSPS) is 11.3. The Bertz CT molecular complexity index is 764. The Balaban J connectivity index is 1.92. The summed E-state index contributed by atoms with van der Waals surface area (Å²) in [6.45, 7) is 1.40. The van der Waals surface area contributed by atoms with E-state index in [4.69, 9.17) is 16.0 Å². The molecule has 0 unspecified atom stereocenters. The Morgan fingerprint density at radius 3 is 2.78 bits per heavy atom. The van der Waals surface area contributed by atoms with Gasteiger partial charge < -0.3 is 15.1 Å². The lowest BCUT2D eigenvalue weighted by Crippen LogP contribution is -2.38. The van der Waals surface area contributed by atoms with E-state index < -0.39 is 17.9 Å². The second kappa shape index (κ2) is 7.47. The van der Waals surface area contributed by atoms with Crippen LogP contribution in [-0.2, 0) is 4.79 Å². The minimum absolute atomic E-state index is 0.248.